The fraction of sp³-hybridized carbons (Fsp3) is 0.0833. The monoisotopic (exact) mass is 446 g/mol. The number of para-hydroxylation sites is 1. The molecule has 0 aliphatic heterocycles. The van der Waals surface area contributed by atoms with E-state index in [-0.39, 0.29) is 18.8 Å². The molecule has 0 radical (unpaired) electrons. The maximum atomic E-state index is 13.1. The van der Waals surface area contributed by atoms with E-state index in [9.17, 15) is 14.4 Å². The van der Waals surface area contributed by atoms with Crippen LogP contribution in [0, 0.1) is 0 Å². The van der Waals surface area contributed by atoms with Crippen LogP contribution in [-0.2, 0) is 13.1 Å². The van der Waals surface area contributed by atoms with Crippen molar-refractivity contribution in [3.8, 4) is 5.69 Å². The van der Waals surface area contributed by atoms with Crippen molar-refractivity contribution in [2.75, 3.05) is 0 Å². The van der Waals surface area contributed by atoms with E-state index in [0.717, 1.165) is 14.8 Å². The highest BCUT2D eigenvalue weighted by atomic mass is 35.5. The van der Waals surface area contributed by atoms with E-state index in [4.69, 9.17) is 11.6 Å². The maximum Gasteiger partial charge on any atom is 0.352 e. The average molecular weight is 447 g/mol. The van der Waals surface area contributed by atoms with Crippen molar-refractivity contribution in [1.29, 1.82) is 0 Å². The zero-order valence-corrected chi connectivity index (χ0v) is 17.7. The Hall–Kier alpha value is -3.97. The highest BCUT2D eigenvalue weighted by Crippen LogP contribution is 2.11. The summed E-state index contributed by atoms with van der Waals surface area (Å²) in [4.78, 5) is 39.1. The molecule has 160 valence electrons. The van der Waals surface area contributed by atoms with Crippen molar-refractivity contribution >= 4 is 17.5 Å². The summed E-state index contributed by atoms with van der Waals surface area (Å²) < 4.78 is 2.05. The average Bonchev–Trinajstić information content (AvgIpc) is 2.81. The summed E-state index contributed by atoms with van der Waals surface area (Å²) in [6, 6.07) is 24.8. The van der Waals surface area contributed by atoms with E-state index in [1.54, 1.807) is 54.6 Å². The molecule has 0 saturated carbocycles. The van der Waals surface area contributed by atoms with Crippen LogP contribution in [-0.4, -0.2) is 20.3 Å². The van der Waals surface area contributed by atoms with Gasteiger partial charge in [-0.05, 0) is 35.4 Å². The van der Waals surface area contributed by atoms with Crippen LogP contribution in [0.5, 0.6) is 0 Å². The molecular weight excluding hydrogens is 428 g/mol. The normalized spacial score (nSPS) is 10.7. The summed E-state index contributed by atoms with van der Waals surface area (Å²) in [7, 11) is 0. The van der Waals surface area contributed by atoms with Gasteiger partial charge in [-0.2, -0.15) is 9.78 Å². The van der Waals surface area contributed by atoms with Crippen LogP contribution in [0.2, 0.25) is 5.02 Å². The first-order chi connectivity index (χ1) is 15.5. The van der Waals surface area contributed by atoms with E-state index < -0.39 is 17.2 Å². The van der Waals surface area contributed by atoms with Crippen LogP contribution in [0.4, 0.5) is 0 Å². The second kappa shape index (κ2) is 9.45. The lowest BCUT2D eigenvalue weighted by Gasteiger charge is -2.12. The molecule has 1 amide bonds. The van der Waals surface area contributed by atoms with E-state index in [1.807, 2.05) is 30.3 Å². The minimum absolute atomic E-state index is 0.0491. The van der Waals surface area contributed by atoms with Crippen molar-refractivity contribution in [3.05, 3.63) is 128 Å². The van der Waals surface area contributed by atoms with Crippen LogP contribution >= 0.6 is 11.6 Å². The quantitative estimate of drug-likeness (QED) is 0.493. The number of carbonyl (C=O) groups excluding carboxylic acids is 1. The van der Waals surface area contributed by atoms with Gasteiger partial charge in [0.1, 0.15) is 0 Å². The van der Waals surface area contributed by atoms with Gasteiger partial charge in [0.25, 0.3) is 11.5 Å². The molecule has 8 heteroatoms. The molecule has 32 heavy (non-hydrogen) atoms. The van der Waals surface area contributed by atoms with Crippen molar-refractivity contribution in [2.24, 2.45) is 0 Å². The number of carbonyl (C=O) groups is 1. The van der Waals surface area contributed by atoms with Gasteiger partial charge in [0.15, 0.2) is 0 Å². The predicted octanol–water partition coefficient (Wildman–Crippen LogP) is 3.03. The van der Waals surface area contributed by atoms with E-state index in [2.05, 4.69) is 10.4 Å². The number of amides is 1. The van der Waals surface area contributed by atoms with Gasteiger partial charge in [-0.3, -0.25) is 14.2 Å². The number of rotatable bonds is 6. The Morgan fingerprint density at radius 2 is 1.53 bits per heavy atom. The zero-order chi connectivity index (χ0) is 22.5. The second-order valence-corrected chi connectivity index (χ2v) is 7.50. The Morgan fingerprint density at radius 3 is 2.22 bits per heavy atom. The van der Waals surface area contributed by atoms with Gasteiger partial charge in [0, 0.05) is 11.6 Å². The summed E-state index contributed by atoms with van der Waals surface area (Å²) in [5.41, 5.74) is 0.170. The van der Waals surface area contributed by atoms with Crippen molar-refractivity contribution in [2.45, 2.75) is 13.1 Å². The molecular formula is C24H19ClN4O3. The van der Waals surface area contributed by atoms with Gasteiger partial charge < -0.3 is 5.32 Å². The molecule has 4 aromatic rings. The molecule has 0 atom stereocenters. The minimum Gasteiger partial charge on any atom is -0.346 e. The number of nitrogens with one attached hydrogen (secondary N) is 1. The number of nitrogens with zero attached hydrogens (tertiary/aromatic N) is 3. The van der Waals surface area contributed by atoms with Crippen LogP contribution in [0.25, 0.3) is 5.69 Å². The summed E-state index contributed by atoms with van der Waals surface area (Å²) in [6.45, 7) is 0.173. The maximum absolute atomic E-state index is 13.1. The van der Waals surface area contributed by atoms with Crippen LogP contribution in [0.1, 0.15) is 21.6 Å². The Balaban J connectivity index is 1.77. The lowest BCUT2D eigenvalue weighted by molar-refractivity contribution is 0.0941. The lowest BCUT2D eigenvalue weighted by atomic mass is 10.2. The first kappa shape index (κ1) is 21.3. The Labute approximate surface area is 188 Å². The molecule has 1 heterocycles. The lowest BCUT2D eigenvalue weighted by Crippen LogP contribution is -2.46. The highest BCUT2D eigenvalue weighted by molar-refractivity contribution is 6.30. The molecule has 3 aromatic carbocycles. The smallest absolute Gasteiger partial charge is 0.346 e. The van der Waals surface area contributed by atoms with Crippen molar-refractivity contribution in [1.82, 2.24) is 19.7 Å². The molecule has 1 N–H and O–H groups in total. The molecule has 0 fully saturated rings. The largest absolute Gasteiger partial charge is 0.352 e. The fourth-order valence-corrected chi connectivity index (χ4v) is 3.43. The van der Waals surface area contributed by atoms with E-state index in [0.29, 0.717) is 16.3 Å². The van der Waals surface area contributed by atoms with Crippen molar-refractivity contribution in [3.63, 3.8) is 0 Å². The molecule has 1 aromatic heterocycles. The first-order valence-corrected chi connectivity index (χ1v) is 10.3. The molecule has 0 aliphatic rings. The molecule has 0 bridgehead atoms. The topological polar surface area (TPSA) is 86.0 Å². The first-order valence-electron chi connectivity index (χ1n) is 9.89. The second-order valence-electron chi connectivity index (χ2n) is 7.07. The number of hydrogen-bond donors (Lipinski definition) is 1. The third-order valence-corrected chi connectivity index (χ3v) is 5.04. The number of hydrogen-bond acceptors (Lipinski definition) is 4. The highest BCUT2D eigenvalue weighted by Gasteiger charge is 2.20. The number of aromatic nitrogens is 3. The molecule has 7 nitrogen and oxygen atoms in total. The number of halogens is 1. The van der Waals surface area contributed by atoms with E-state index >= 15 is 0 Å². The van der Waals surface area contributed by atoms with Gasteiger partial charge in [0.2, 0.25) is 5.69 Å². The van der Waals surface area contributed by atoms with Crippen LogP contribution in [0.3, 0.4) is 0 Å². The third kappa shape index (κ3) is 4.68. The molecule has 0 spiro atoms. The summed E-state index contributed by atoms with van der Waals surface area (Å²) in [5.74, 6) is -0.664. The molecule has 0 saturated heterocycles. The Morgan fingerprint density at radius 1 is 0.875 bits per heavy atom. The predicted molar refractivity (Wildman–Crippen MR) is 122 cm³/mol. The zero-order valence-electron chi connectivity index (χ0n) is 16.9. The Kier molecular flexibility index (Phi) is 6.28. The van der Waals surface area contributed by atoms with Crippen LogP contribution < -0.4 is 16.6 Å². The van der Waals surface area contributed by atoms with Gasteiger partial charge in [-0.25, -0.2) is 4.79 Å². The van der Waals surface area contributed by atoms with E-state index in [1.165, 1.54) is 0 Å². The third-order valence-electron chi connectivity index (χ3n) is 4.80. The molecule has 4 rings (SSSR count). The van der Waals surface area contributed by atoms with Gasteiger partial charge in [-0.15, -0.1) is 0 Å². The fourth-order valence-electron chi connectivity index (χ4n) is 3.21. The molecule has 0 aliphatic carbocycles. The Bertz CT molecular complexity index is 1370. The van der Waals surface area contributed by atoms with Crippen LogP contribution in [0.15, 0.2) is 94.5 Å². The van der Waals surface area contributed by atoms with Gasteiger partial charge in [0.05, 0.1) is 12.2 Å². The van der Waals surface area contributed by atoms with Crippen molar-refractivity contribution < 1.29 is 4.79 Å². The standard InChI is InChI=1S/C24H19ClN4O3/c25-19-11-7-10-18(14-19)16-28-23(31)21(22(30)26-15-17-8-3-1-4-9-17)27-29(24(28)32)20-12-5-2-6-13-20/h1-14H,15-16H2,(H,26,30). The minimum atomic E-state index is -0.771. The summed E-state index contributed by atoms with van der Waals surface area (Å²) >= 11 is 6.05. The summed E-state index contributed by atoms with van der Waals surface area (Å²) in [6.07, 6.45) is 0. The molecule has 0 unspecified atom stereocenters. The van der Waals surface area contributed by atoms with Gasteiger partial charge >= 0.3 is 5.69 Å². The number of benzene rings is 3. The summed E-state index contributed by atoms with van der Waals surface area (Å²) in [5, 5.41) is 7.29. The SMILES string of the molecule is O=C(NCc1ccccc1)c1nn(-c2ccccc2)c(=O)n(Cc2cccc(Cl)c2)c1=O. The van der Waals surface area contributed by atoms with Gasteiger partial charge in [-0.1, -0.05) is 72.3 Å².